The summed E-state index contributed by atoms with van der Waals surface area (Å²) >= 11 is 5.67. The van der Waals surface area contributed by atoms with Gasteiger partial charge in [-0.3, -0.25) is 10.2 Å². The summed E-state index contributed by atoms with van der Waals surface area (Å²) in [6.45, 7) is 3.91. The lowest BCUT2D eigenvalue weighted by Crippen LogP contribution is -2.40. The lowest BCUT2D eigenvalue weighted by molar-refractivity contribution is -0.130. The summed E-state index contributed by atoms with van der Waals surface area (Å²) in [6, 6.07) is 11.3. The SMILES string of the molecule is CNc1cc(OCC2CCN(C(=O)CCl)CC2)c(OC)cc1C(=N)Oc1ccc2[nH]c(C)cc2c1. The van der Waals surface area contributed by atoms with Crippen LogP contribution in [0.5, 0.6) is 17.2 Å². The van der Waals surface area contributed by atoms with Crippen LogP contribution in [0.15, 0.2) is 36.4 Å². The smallest absolute Gasteiger partial charge is 0.237 e. The molecule has 4 rings (SSSR count). The van der Waals surface area contributed by atoms with Crippen LogP contribution in [-0.2, 0) is 4.79 Å². The Morgan fingerprint density at radius 2 is 1.97 bits per heavy atom. The summed E-state index contributed by atoms with van der Waals surface area (Å²) in [7, 11) is 3.37. The largest absolute Gasteiger partial charge is 0.493 e. The number of nitrogens with zero attached hydrogens (tertiary/aromatic N) is 1. The van der Waals surface area contributed by atoms with Crippen molar-refractivity contribution >= 4 is 40.0 Å². The standard InChI is InChI=1S/C26H31ClN4O4/c1-16-10-18-11-19(4-5-21(18)30-16)35-26(28)20-12-23(33-3)24(13-22(20)29-2)34-15-17-6-8-31(9-7-17)25(32)14-27/h4-5,10-13,17,28-30H,6-9,14-15H2,1-3H3. The molecule has 0 unspecified atom stereocenters. The third-order valence-corrected chi connectivity index (χ3v) is 6.55. The molecule has 1 aromatic heterocycles. The van der Waals surface area contributed by atoms with Gasteiger partial charge in [0.2, 0.25) is 11.8 Å². The number of carbonyl (C=O) groups is 1. The summed E-state index contributed by atoms with van der Waals surface area (Å²) in [4.78, 5) is 16.9. The van der Waals surface area contributed by atoms with Gasteiger partial charge < -0.3 is 29.4 Å². The third-order valence-electron chi connectivity index (χ3n) is 6.32. The highest BCUT2D eigenvalue weighted by molar-refractivity contribution is 6.27. The first-order valence-corrected chi connectivity index (χ1v) is 12.2. The molecule has 9 heteroatoms. The number of likely N-dealkylation sites (tertiary alicyclic amines) is 1. The maximum Gasteiger partial charge on any atom is 0.237 e. The van der Waals surface area contributed by atoms with Gasteiger partial charge in [-0.25, -0.2) is 0 Å². The highest BCUT2D eigenvalue weighted by atomic mass is 35.5. The first-order valence-electron chi connectivity index (χ1n) is 11.6. The summed E-state index contributed by atoms with van der Waals surface area (Å²) in [5, 5.41) is 12.8. The number of rotatable bonds is 8. The van der Waals surface area contributed by atoms with Crippen LogP contribution in [0.4, 0.5) is 5.69 Å². The van der Waals surface area contributed by atoms with Gasteiger partial charge in [0.25, 0.3) is 0 Å². The quantitative estimate of drug-likeness (QED) is 0.235. The number of carbonyl (C=O) groups excluding carboxylic acids is 1. The number of aromatic nitrogens is 1. The molecule has 0 saturated carbocycles. The molecule has 0 spiro atoms. The number of methoxy groups -OCH3 is 1. The van der Waals surface area contributed by atoms with E-state index in [0.717, 1.165) is 29.4 Å². The fourth-order valence-electron chi connectivity index (χ4n) is 4.36. The van der Waals surface area contributed by atoms with Gasteiger partial charge >= 0.3 is 0 Å². The second-order valence-electron chi connectivity index (χ2n) is 8.70. The highest BCUT2D eigenvalue weighted by Gasteiger charge is 2.23. The van der Waals surface area contributed by atoms with Gasteiger partial charge in [0.1, 0.15) is 11.6 Å². The number of piperidine rings is 1. The lowest BCUT2D eigenvalue weighted by Gasteiger charge is -2.31. The normalized spacial score (nSPS) is 14.1. The second kappa shape index (κ2) is 10.9. The first-order chi connectivity index (χ1) is 16.9. The van der Waals surface area contributed by atoms with E-state index in [2.05, 4.69) is 10.3 Å². The van der Waals surface area contributed by atoms with Crippen LogP contribution in [0.2, 0.25) is 0 Å². The molecule has 2 heterocycles. The van der Waals surface area contributed by atoms with Gasteiger partial charge in [-0.15, -0.1) is 11.6 Å². The maximum absolute atomic E-state index is 11.8. The number of alkyl halides is 1. The number of ether oxygens (including phenoxy) is 3. The molecule has 1 amide bonds. The molecule has 186 valence electrons. The predicted octanol–water partition coefficient (Wildman–Crippen LogP) is 4.79. The van der Waals surface area contributed by atoms with E-state index >= 15 is 0 Å². The van der Waals surface area contributed by atoms with Crippen LogP contribution in [0.25, 0.3) is 10.9 Å². The Balaban J connectivity index is 1.45. The van der Waals surface area contributed by atoms with E-state index in [0.29, 0.717) is 54.1 Å². The zero-order valence-corrected chi connectivity index (χ0v) is 21.0. The molecule has 2 aromatic carbocycles. The Hall–Kier alpha value is -3.39. The minimum absolute atomic E-state index is 0.00198. The van der Waals surface area contributed by atoms with Crippen molar-refractivity contribution in [2.75, 3.05) is 45.1 Å². The van der Waals surface area contributed by atoms with Crippen LogP contribution in [0.3, 0.4) is 0 Å². The molecule has 0 aliphatic carbocycles. The minimum Gasteiger partial charge on any atom is -0.493 e. The maximum atomic E-state index is 11.8. The molecule has 1 aliphatic heterocycles. The number of anilines is 1. The van der Waals surface area contributed by atoms with Crippen molar-refractivity contribution in [1.29, 1.82) is 5.41 Å². The summed E-state index contributed by atoms with van der Waals surface area (Å²) < 4.78 is 17.6. The van der Waals surface area contributed by atoms with Gasteiger partial charge in [-0.1, -0.05) is 0 Å². The monoisotopic (exact) mass is 498 g/mol. The first kappa shape index (κ1) is 24.7. The van der Waals surface area contributed by atoms with Crippen molar-refractivity contribution < 1.29 is 19.0 Å². The van der Waals surface area contributed by atoms with E-state index in [1.165, 1.54) is 0 Å². The Morgan fingerprint density at radius 1 is 1.20 bits per heavy atom. The highest BCUT2D eigenvalue weighted by Crippen LogP contribution is 2.35. The average Bonchev–Trinajstić information content (AvgIpc) is 3.25. The van der Waals surface area contributed by atoms with Gasteiger partial charge in [0, 0.05) is 42.8 Å². The molecule has 1 fully saturated rings. The second-order valence-corrected chi connectivity index (χ2v) is 8.97. The van der Waals surface area contributed by atoms with Gasteiger partial charge in [0.05, 0.1) is 25.0 Å². The van der Waals surface area contributed by atoms with E-state index in [-0.39, 0.29) is 17.7 Å². The molecule has 0 radical (unpaired) electrons. The number of nitrogens with one attached hydrogen (secondary N) is 3. The molecule has 35 heavy (non-hydrogen) atoms. The number of hydrogen-bond donors (Lipinski definition) is 3. The zero-order valence-electron chi connectivity index (χ0n) is 20.2. The molecule has 1 aliphatic rings. The molecular formula is C26H31ClN4O4. The Labute approximate surface area is 210 Å². The molecule has 0 atom stereocenters. The van der Waals surface area contributed by atoms with Gasteiger partial charge in [-0.05, 0) is 56.0 Å². The molecule has 8 nitrogen and oxygen atoms in total. The van der Waals surface area contributed by atoms with Crippen LogP contribution >= 0.6 is 11.6 Å². The average molecular weight is 499 g/mol. The van der Waals surface area contributed by atoms with Crippen LogP contribution < -0.4 is 19.5 Å². The van der Waals surface area contributed by atoms with Crippen molar-refractivity contribution in [3.8, 4) is 17.2 Å². The number of halogens is 1. The fourth-order valence-corrected chi connectivity index (χ4v) is 4.53. The number of hydrogen-bond acceptors (Lipinski definition) is 6. The van der Waals surface area contributed by atoms with Crippen molar-refractivity contribution in [2.24, 2.45) is 5.92 Å². The Morgan fingerprint density at radius 3 is 2.66 bits per heavy atom. The van der Waals surface area contributed by atoms with Crippen LogP contribution in [-0.4, -0.2) is 61.4 Å². The van der Waals surface area contributed by atoms with Crippen LogP contribution in [0, 0.1) is 18.3 Å². The topological polar surface area (TPSA) is 99.7 Å². The lowest BCUT2D eigenvalue weighted by atomic mass is 9.98. The number of aryl methyl sites for hydroxylation is 1. The number of benzene rings is 2. The fraction of sp³-hybridized carbons (Fsp3) is 0.385. The number of amides is 1. The van der Waals surface area contributed by atoms with Gasteiger partial charge in [-0.2, -0.15) is 0 Å². The summed E-state index contributed by atoms with van der Waals surface area (Å²) in [5.74, 6) is 2.05. The Kier molecular flexibility index (Phi) is 7.70. The predicted molar refractivity (Wildman–Crippen MR) is 139 cm³/mol. The van der Waals surface area contributed by atoms with Crippen molar-refractivity contribution in [3.63, 3.8) is 0 Å². The molecule has 3 aromatic rings. The summed E-state index contributed by atoms with van der Waals surface area (Å²) in [6.07, 6.45) is 1.73. The van der Waals surface area contributed by atoms with Gasteiger partial charge in [0.15, 0.2) is 11.5 Å². The van der Waals surface area contributed by atoms with E-state index in [1.807, 2.05) is 37.3 Å². The number of H-pyrrole nitrogens is 1. The van der Waals surface area contributed by atoms with Crippen molar-refractivity contribution in [2.45, 2.75) is 19.8 Å². The molecule has 3 N–H and O–H groups in total. The van der Waals surface area contributed by atoms with E-state index < -0.39 is 0 Å². The zero-order chi connectivity index (χ0) is 24.9. The number of fused-ring (bicyclic) bond motifs is 1. The third kappa shape index (κ3) is 5.65. The minimum atomic E-state index is -0.0187. The van der Waals surface area contributed by atoms with Crippen molar-refractivity contribution in [3.05, 3.63) is 47.7 Å². The van der Waals surface area contributed by atoms with E-state index in [9.17, 15) is 4.79 Å². The molecule has 1 saturated heterocycles. The van der Waals surface area contributed by atoms with E-state index in [4.69, 9.17) is 31.2 Å². The Bertz CT molecular complexity index is 1220. The summed E-state index contributed by atoms with van der Waals surface area (Å²) in [5.41, 5.74) is 3.36. The molecule has 0 bridgehead atoms. The van der Waals surface area contributed by atoms with E-state index in [1.54, 1.807) is 25.1 Å². The number of aromatic amines is 1. The molecular weight excluding hydrogens is 468 g/mol. The van der Waals surface area contributed by atoms with Crippen molar-refractivity contribution in [1.82, 2.24) is 9.88 Å². The van der Waals surface area contributed by atoms with Crippen LogP contribution in [0.1, 0.15) is 24.1 Å².